The van der Waals surface area contributed by atoms with Crippen LogP contribution in [0.25, 0.3) is 0 Å². The molecule has 1 nitrogen and oxygen atoms in total. The molecule has 0 radical (unpaired) electrons. The summed E-state index contributed by atoms with van der Waals surface area (Å²) in [6.45, 7) is 5.93. The number of allylic oxidation sites excluding steroid dienone is 1. The first-order valence-corrected chi connectivity index (χ1v) is 5.44. The van der Waals surface area contributed by atoms with Crippen molar-refractivity contribution in [3.8, 4) is 0 Å². The Kier molecular flexibility index (Phi) is 4.10. The molecule has 2 atom stereocenters. The molecule has 0 aliphatic carbocycles. The van der Waals surface area contributed by atoms with Gasteiger partial charge in [0.05, 0.1) is 6.10 Å². The molecule has 0 saturated heterocycles. The summed E-state index contributed by atoms with van der Waals surface area (Å²) in [5.74, 6) is 0. The third-order valence-corrected chi connectivity index (χ3v) is 2.93. The van der Waals surface area contributed by atoms with Gasteiger partial charge in [-0.1, -0.05) is 49.4 Å². The predicted molar refractivity (Wildman–Crippen MR) is 64.7 cm³/mol. The van der Waals surface area contributed by atoms with Crippen molar-refractivity contribution in [1.29, 1.82) is 0 Å². The number of aliphatic hydroxyl groups excluding tert-OH is 1. The standard InChI is InChI=1S/C14H20O/c1-4-10-14(3,12(2)15)11-13-8-6-5-7-9-13/h4-10,12,15H,11H2,1-3H3. The lowest BCUT2D eigenvalue weighted by Gasteiger charge is -2.29. The van der Waals surface area contributed by atoms with Gasteiger partial charge in [0.15, 0.2) is 0 Å². The van der Waals surface area contributed by atoms with E-state index in [1.807, 2.05) is 38.1 Å². The van der Waals surface area contributed by atoms with Crippen LogP contribution in [-0.4, -0.2) is 11.2 Å². The van der Waals surface area contributed by atoms with E-state index < -0.39 is 0 Å². The highest BCUT2D eigenvalue weighted by molar-refractivity contribution is 5.19. The maximum Gasteiger partial charge on any atom is 0.0603 e. The van der Waals surface area contributed by atoms with Crippen LogP contribution >= 0.6 is 0 Å². The van der Waals surface area contributed by atoms with Crippen molar-refractivity contribution in [2.24, 2.45) is 5.41 Å². The summed E-state index contributed by atoms with van der Waals surface area (Å²) in [5.41, 5.74) is 1.09. The molecule has 2 unspecified atom stereocenters. The van der Waals surface area contributed by atoms with Crippen LogP contribution < -0.4 is 0 Å². The van der Waals surface area contributed by atoms with Gasteiger partial charge in [-0.05, 0) is 25.8 Å². The van der Waals surface area contributed by atoms with Gasteiger partial charge in [0.1, 0.15) is 0 Å². The monoisotopic (exact) mass is 204 g/mol. The van der Waals surface area contributed by atoms with Crippen molar-refractivity contribution in [2.45, 2.75) is 33.3 Å². The zero-order valence-corrected chi connectivity index (χ0v) is 9.77. The fraction of sp³-hybridized carbons (Fsp3) is 0.429. The van der Waals surface area contributed by atoms with Crippen molar-refractivity contribution in [1.82, 2.24) is 0 Å². The Morgan fingerprint density at radius 3 is 2.40 bits per heavy atom. The lowest BCUT2D eigenvalue weighted by atomic mass is 9.79. The Hall–Kier alpha value is -1.08. The van der Waals surface area contributed by atoms with E-state index in [2.05, 4.69) is 25.1 Å². The van der Waals surface area contributed by atoms with Crippen LogP contribution in [0.4, 0.5) is 0 Å². The topological polar surface area (TPSA) is 20.2 Å². The molecule has 1 N–H and O–H groups in total. The summed E-state index contributed by atoms with van der Waals surface area (Å²) >= 11 is 0. The molecule has 82 valence electrons. The average Bonchev–Trinajstić information content (AvgIpc) is 2.19. The predicted octanol–water partition coefficient (Wildman–Crippen LogP) is 3.19. The summed E-state index contributed by atoms with van der Waals surface area (Å²) in [6, 6.07) is 10.3. The normalized spacial score (nSPS) is 17.6. The smallest absolute Gasteiger partial charge is 0.0603 e. The van der Waals surface area contributed by atoms with Gasteiger partial charge in [0.25, 0.3) is 0 Å². The Balaban J connectivity index is 2.85. The number of rotatable bonds is 4. The lowest BCUT2D eigenvalue weighted by molar-refractivity contribution is 0.0871. The quantitative estimate of drug-likeness (QED) is 0.747. The van der Waals surface area contributed by atoms with E-state index in [9.17, 15) is 5.11 Å². The van der Waals surface area contributed by atoms with Crippen molar-refractivity contribution in [3.63, 3.8) is 0 Å². The summed E-state index contributed by atoms with van der Waals surface area (Å²) < 4.78 is 0. The van der Waals surface area contributed by atoms with Gasteiger partial charge < -0.3 is 5.11 Å². The van der Waals surface area contributed by atoms with Gasteiger partial charge in [0, 0.05) is 5.41 Å². The zero-order chi connectivity index (χ0) is 11.3. The van der Waals surface area contributed by atoms with Crippen LogP contribution in [0, 0.1) is 5.41 Å². The third-order valence-electron chi connectivity index (χ3n) is 2.93. The Morgan fingerprint density at radius 1 is 1.33 bits per heavy atom. The minimum absolute atomic E-state index is 0.171. The van der Waals surface area contributed by atoms with Gasteiger partial charge in [-0.3, -0.25) is 0 Å². The first-order valence-electron chi connectivity index (χ1n) is 5.44. The summed E-state index contributed by atoms with van der Waals surface area (Å²) in [7, 11) is 0. The second-order valence-corrected chi connectivity index (χ2v) is 4.34. The highest BCUT2D eigenvalue weighted by atomic mass is 16.3. The zero-order valence-electron chi connectivity index (χ0n) is 9.77. The molecule has 0 aliphatic rings. The highest BCUT2D eigenvalue weighted by Gasteiger charge is 2.26. The van der Waals surface area contributed by atoms with Crippen molar-refractivity contribution >= 4 is 0 Å². The Bertz CT molecular complexity index is 313. The molecule has 1 aromatic rings. The number of benzene rings is 1. The SMILES string of the molecule is CC=CC(C)(Cc1ccccc1)C(C)O. The fourth-order valence-electron chi connectivity index (χ4n) is 1.76. The van der Waals surface area contributed by atoms with Crippen molar-refractivity contribution < 1.29 is 5.11 Å². The van der Waals surface area contributed by atoms with Crippen LogP contribution in [0.2, 0.25) is 0 Å². The molecule has 1 heteroatoms. The average molecular weight is 204 g/mol. The van der Waals surface area contributed by atoms with Crippen LogP contribution in [-0.2, 0) is 6.42 Å². The maximum absolute atomic E-state index is 9.81. The van der Waals surface area contributed by atoms with Gasteiger partial charge in [0.2, 0.25) is 0 Å². The first kappa shape index (κ1) is 12.0. The van der Waals surface area contributed by atoms with Gasteiger partial charge in [-0.2, -0.15) is 0 Å². The molecule has 0 fully saturated rings. The van der Waals surface area contributed by atoms with Gasteiger partial charge in [-0.25, -0.2) is 0 Å². The molecule has 15 heavy (non-hydrogen) atoms. The van der Waals surface area contributed by atoms with E-state index in [-0.39, 0.29) is 11.5 Å². The molecule has 1 rings (SSSR count). The summed E-state index contributed by atoms with van der Waals surface area (Å²) in [6.07, 6.45) is 4.63. The molecule has 1 aromatic carbocycles. The lowest BCUT2D eigenvalue weighted by Crippen LogP contribution is -2.30. The maximum atomic E-state index is 9.81. The molecule has 0 spiro atoms. The van der Waals surface area contributed by atoms with E-state index >= 15 is 0 Å². The van der Waals surface area contributed by atoms with Gasteiger partial charge >= 0.3 is 0 Å². The largest absolute Gasteiger partial charge is 0.393 e. The van der Waals surface area contributed by atoms with E-state index in [1.54, 1.807) is 0 Å². The van der Waals surface area contributed by atoms with Crippen LogP contribution in [0.1, 0.15) is 26.3 Å². The fourth-order valence-corrected chi connectivity index (χ4v) is 1.76. The Labute approximate surface area is 92.5 Å². The first-order chi connectivity index (χ1) is 7.08. The molecule has 0 aliphatic heterocycles. The summed E-state index contributed by atoms with van der Waals surface area (Å²) in [5, 5.41) is 9.81. The van der Waals surface area contributed by atoms with E-state index in [1.165, 1.54) is 5.56 Å². The molecular weight excluding hydrogens is 184 g/mol. The number of hydrogen-bond donors (Lipinski definition) is 1. The van der Waals surface area contributed by atoms with E-state index in [0.29, 0.717) is 0 Å². The third kappa shape index (κ3) is 3.21. The molecule has 0 aromatic heterocycles. The highest BCUT2D eigenvalue weighted by Crippen LogP contribution is 2.28. The minimum Gasteiger partial charge on any atom is -0.393 e. The molecular formula is C14H20O. The van der Waals surface area contributed by atoms with Crippen LogP contribution in [0.5, 0.6) is 0 Å². The van der Waals surface area contributed by atoms with E-state index in [0.717, 1.165) is 6.42 Å². The van der Waals surface area contributed by atoms with E-state index in [4.69, 9.17) is 0 Å². The molecule has 0 heterocycles. The van der Waals surface area contributed by atoms with Gasteiger partial charge in [-0.15, -0.1) is 0 Å². The van der Waals surface area contributed by atoms with Crippen LogP contribution in [0.15, 0.2) is 42.5 Å². The minimum atomic E-state index is -0.339. The van der Waals surface area contributed by atoms with Crippen LogP contribution in [0.3, 0.4) is 0 Å². The van der Waals surface area contributed by atoms with Crippen molar-refractivity contribution in [3.05, 3.63) is 48.0 Å². The Morgan fingerprint density at radius 2 is 1.93 bits per heavy atom. The second kappa shape index (κ2) is 5.13. The molecule has 0 saturated carbocycles. The molecule has 0 amide bonds. The number of aliphatic hydroxyl groups is 1. The number of hydrogen-bond acceptors (Lipinski definition) is 1. The molecule has 0 bridgehead atoms. The summed E-state index contributed by atoms with van der Waals surface area (Å²) in [4.78, 5) is 0. The second-order valence-electron chi connectivity index (χ2n) is 4.34. The van der Waals surface area contributed by atoms with Crippen molar-refractivity contribution in [2.75, 3.05) is 0 Å².